The van der Waals surface area contributed by atoms with Crippen LogP contribution in [0.25, 0.3) is 6.08 Å². The molecule has 0 amide bonds. The van der Waals surface area contributed by atoms with Gasteiger partial charge in [0.1, 0.15) is 8.24 Å². The summed E-state index contributed by atoms with van der Waals surface area (Å²) in [6.07, 6.45) is 7.66. The monoisotopic (exact) mass is 341 g/mol. The largest absolute Gasteiger partial charge is 0.299 e. The standard InChI is InChI=1S/C20H31N3Si/c1-4-15-11-19-17-8-6-5-7-16(17)9-10-18(19)20(15)24(2,3)23-13-21-12-22-14-23/h5-10,15,18-22H,4,11-14H2,1-3H3. The highest BCUT2D eigenvalue weighted by Crippen LogP contribution is 2.58. The molecule has 2 aliphatic carbocycles. The summed E-state index contributed by atoms with van der Waals surface area (Å²) in [4.78, 5) is 0. The van der Waals surface area contributed by atoms with Crippen LogP contribution in [0.15, 0.2) is 30.3 Å². The predicted octanol–water partition coefficient (Wildman–Crippen LogP) is 3.79. The van der Waals surface area contributed by atoms with E-state index < -0.39 is 8.24 Å². The van der Waals surface area contributed by atoms with Crippen molar-refractivity contribution in [1.82, 2.24) is 15.2 Å². The Hall–Kier alpha value is -0.943. The third-order valence-electron chi connectivity index (χ3n) is 6.85. The second-order valence-corrected chi connectivity index (χ2v) is 12.9. The first-order chi connectivity index (χ1) is 11.6. The molecular weight excluding hydrogens is 310 g/mol. The van der Waals surface area contributed by atoms with Gasteiger partial charge >= 0.3 is 0 Å². The van der Waals surface area contributed by atoms with Gasteiger partial charge in [0.25, 0.3) is 0 Å². The van der Waals surface area contributed by atoms with E-state index in [1.807, 2.05) is 0 Å². The van der Waals surface area contributed by atoms with Crippen LogP contribution in [0, 0.1) is 11.8 Å². The van der Waals surface area contributed by atoms with Crippen molar-refractivity contribution in [3.63, 3.8) is 0 Å². The molecule has 2 N–H and O–H groups in total. The normalized spacial score (nSPS) is 33.3. The zero-order valence-corrected chi connectivity index (χ0v) is 16.3. The molecule has 24 heavy (non-hydrogen) atoms. The highest BCUT2D eigenvalue weighted by molar-refractivity contribution is 6.76. The topological polar surface area (TPSA) is 27.3 Å². The molecule has 0 aromatic heterocycles. The van der Waals surface area contributed by atoms with Gasteiger partial charge in [-0.15, -0.1) is 0 Å². The lowest BCUT2D eigenvalue weighted by Crippen LogP contribution is -2.63. The highest BCUT2D eigenvalue weighted by Gasteiger charge is 2.52. The van der Waals surface area contributed by atoms with Gasteiger partial charge < -0.3 is 0 Å². The van der Waals surface area contributed by atoms with Gasteiger partial charge in [-0.1, -0.05) is 62.9 Å². The molecule has 4 heteroatoms. The van der Waals surface area contributed by atoms with E-state index in [0.29, 0.717) is 0 Å². The lowest BCUT2D eigenvalue weighted by Gasteiger charge is -2.47. The van der Waals surface area contributed by atoms with Crippen molar-refractivity contribution in [2.24, 2.45) is 11.8 Å². The van der Waals surface area contributed by atoms with E-state index in [0.717, 1.165) is 43.3 Å². The molecule has 1 aromatic rings. The smallest absolute Gasteiger partial charge is 0.129 e. The van der Waals surface area contributed by atoms with E-state index in [2.05, 4.69) is 71.6 Å². The van der Waals surface area contributed by atoms with Gasteiger partial charge in [0, 0.05) is 20.0 Å². The summed E-state index contributed by atoms with van der Waals surface area (Å²) in [5.74, 6) is 2.33. The number of rotatable bonds is 3. The molecule has 0 bridgehead atoms. The first-order valence-corrected chi connectivity index (χ1v) is 12.6. The number of nitrogens with zero attached hydrogens (tertiary/aromatic N) is 1. The number of allylic oxidation sites excluding steroid dienone is 1. The van der Waals surface area contributed by atoms with E-state index >= 15 is 0 Å². The Balaban J connectivity index is 1.68. The summed E-state index contributed by atoms with van der Waals surface area (Å²) in [6, 6.07) is 9.07. The molecule has 2 fully saturated rings. The van der Waals surface area contributed by atoms with Gasteiger partial charge in [-0.2, -0.15) is 0 Å². The van der Waals surface area contributed by atoms with Gasteiger partial charge in [-0.25, -0.2) is 0 Å². The zero-order chi connectivity index (χ0) is 16.7. The number of hydrogen-bond donors (Lipinski definition) is 2. The minimum Gasteiger partial charge on any atom is -0.299 e. The Bertz CT molecular complexity index is 621. The molecule has 1 saturated heterocycles. The molecule has 1 heterocycles. The summed E-state index contributed by atoms with van der Waals surface area (Å²) < 4.78 is 2.74. The molecule has 1 aliphatic heterocycles. The maximum absolute atomic E-state index is 3.52. The van der Waals surface area contributed by atoms with E-state index in [1.54, 1.807) is 5.56 Å². The summed E-state index contributed by atoms with van der Waals surface area (Å²) in [5.41, 5.74) is 3.90. The van der Waals surface area contributed by atoms with Crippen molar-refractivity contribution >= 4 is 14.3 Å². The van der Waals surface area contributed by atoms with Crippen molar-refractivity contribution in [2.75, 3.05) is 20.0 Å². The Labute approximate surface area is 147 Å². The fraction of sp³-hybridized carbons (Fsp3) is 0.600. The van der Waals surface area contributed by atoms with Crippen LogP contribution in [0.4, 0.5) is 0 Å². The number of benzene rings is 1. The van der Waals surface area contributed by atoms with Gasteiger partial charge in [0.2, 0.25) is 0 Å². The maximum Gasteiger partial charge on any atom is 0.129 e. The van der Waals surface area contributed by atoms with Gasteiger partial charge in [-0.3, -0.25) is 15.2 Å². The summed E-state index contributed by atoms with van der Waals surface area (Å²) >= 11 is 0. The minimum atomic E-state index is -1.53. The molecule has 4 unspecified atom stereocenters. The number of fused-ring (bicyclic) bond motifs is 3. The Morgan fingerprint density at radius 3 is 2.67 bits per heavy atom. The quantitative estimate of drug-likeness (QED) is 0.819. The van der Waals surface area contributed by atoms with Crippen LogP contribution < -0.4 is 10.6 Å². The Morgan fingerprint density at radius 1 is 1.17 bits per heavy atom. The molecular formula is C20H31N3Si. The van der Waals surface area contributed by atoms with Crippen molar-refractivity contribution in [3.05, 3.63) is 41.5 Å². The van der Waals surface area contributed by atoms with Crippen LogP contribution in [-0.4, -0.2) is 32.8 Å². The summed E-state index contributed by atoms with van der Waals surface area (Å²) in [5, 5.41) is 7.03. The molecule has 4 rings (SSSR count). The number of nitrogens with one attached hydrogen (secondary N) is 2. The lowest BCUT2D eigenvalue weighted by atomic mass is 9.81. The summed E-state index contributed by atoms with van der Waals surface area (Å²) in [7, 11) is -1.53. The van der Waals surface area contributed by atoms with Crippen LogP contribution in [0.1, 0.15) is 36.8 Å². The molecule has 0 radical (unpaired) electrons. The van der Waals surface area contributed by atoms with Gasteiger partial charge in [0.05, 0.1) is 0 Å². The molecule has 1 aromatic carbocycles. The van der Waals surface area contributed by atoms with Crippen molar-refractivity contribution in [2.45, 2.75) is 44.3 Å². The molecule has 3 nitrogen and oxygen atoms in total. The van der Waals surface area contributed by atoms with Gasteiger partial charge in [0.15, 0.2) is 0 Å². The van der Waals surface area contributed by atoms with Crippen LogP contribution in [-0.2, 0) is 0 Å². The van der Waals surface area contributed by atoms with Crippen LogP contribution in [0.5, 0.6) is 0 Å². The first-order valence-electron chi connectivity index (χ1n) is 9.56. The van der Waals surface area contributed by atoms with Crippen LogP contribution >= 0.6 is 0 Å². The number of hydrogen-bond acceptors (Lipinski definition) is 3. The van der Waals surface area contributed by atoms with Crippen molar-refractivity contribution in [3.8, 4) is 0 Å². The third-order valence-corrected chi connectivity index (χ3v) is 11.3. The van der Waals surface area contributed by atoms with E-state index in [9.17, 15) is 0 Å². The molecule has 0 spiro atoms. The SMILES string of the molecule is CCC1CC2c3ccccc3C=CC2C1[Si](C)(C)N1CNCNC1. The maximum atomic E-state index is 3.52. The zero-order valence-electron chi connectivity index (χ0n) is 15.3. The fourth-order valence-corrected chi connectivity index (χ4v) is 9.88. The molecule has 3 aliphatic rings. The molecule has 130 valence electrons. The predicted molar refractivity (Wildman–Crippen MR) is 104 cm³/mol. The van der Waals surface area contributed by atoms with E-state index in [-0.39, 0.29) is 0 Å². The Kier molecular flexibility index (Phi) is 4.41. The molecule has 4 atom stereocenters. The van der Waals surface area contributed by atoms with Crippen molar-refractivity contribution < 1.29 is 0 Å². The second kappa shape index (κ2) is 6.41. The summed E-state index contributed by atoms with van der Waals surface area (Å²) in [6.45, 7) is 10.7. The second-order valence-electron chi connectivity index (χ2n) is 8.29. The first kappa shape index (κ1) is 16.5. The van der Waals surface area contributed by atoms with Crippen molar-refractivity contribution in [1.29, 1.82) is 0 Å². The highest BCUT2D eigenvalue weighted by atomic mass is 28.3. The van der Waals surface area contributed by atoms with Gasteiger partial charge in [-0.05, 0) is 40.8 Å². The minimum absolute atomic E-state index is 0.730. The third kappa shape index (κ3) is 2.60. The Morgan fingerprint density at radius 2 is 1.92 bits per heavy atom. The van der Waals surface area contributed by atoms with Crippen LogP contribution in [0.3, 0.4) is 0 Å². The van der Waals surface area contributed by atoms with E-state index in [4.69, 9.17) is 0 Å². The fourth-order valence-electron chi connectivity index (χ4n) is 5.61. The van der Waals surface area contributed by atoms with Crippen LogP contribution in [0.2, 0.25) is 18.6 Å². The lowest BCUT2D eigenvalue weighted by molar-refractivity contribution is 0.278. The average Bonchev–Trinajstić information content (AvgIpc) is 3.02. The average molecular weight is 342 g/mol. The van der Waals surface area contributed by atoms with E-state index in [1.165, 1.54) is 18.4 Å². The molecule has 1 saturated carbocycles.